The first-order valence-corrected chi connectivity index (χ1v) is 17.3. The van der Waals surface area contributed by atoms with Gasteiger partial charge in [0.05, 0.1) is 0 Å². The van der Waals surface area contributed by atoms with Crippen LogP contribution in [0.15, 0.2) is 39.2 Å². The molecule has 2 heterocycles. The SMILES string of the molecule is Cn1c(C(=O)OC(=O)[C@@H](N)CCCN=C(N)N)ccc1S(=O)(=O)N1CCC(Sc2cc(C(C)(C)C)c(O)c(C(C)(C)C)c2)CC1. The number of piperidine rings is 1. The second-order valence-corrected chi connectivity index (χ2v) is 16.7. The number of esters is 2. The smallest absolute Gasteiger partial charge is 0.362 e. The maximum atomic E-state index is 13.6. The number of nitrogens with two attached hydrogens (primary N) is 3. The van der Waals surface area contributed by atoms with Crippen molar-refractivity contribution in [3.63, 3.8) is 0 Å². The summed E-state index contributed by atoms with van der Waals surface area (Å²) in [5.74, 6) is -1.65. The number of benzene rings is 1. The van der Waals surface area contributed by atoms with E-state index in [1.54, 1.807) is 11.8 Å². The fraction of sp³-hybridized carbons (Fsp3) is 0.581. The fourth-order valence-electron chi connectivity index (χ4n) is 5.15. The van der Waals surface area contributed by atoms with E-state index < -0.39 is 28.0 Å². The molecule has 250 valence electrons. The van der Waals surface area contributed by atoms with Crippen molar-refractivity contribution in [3.05, 3.63) is 41.1 Å². The zero-order valence-corrected chi connectivity index (χ0v) is 28.9. The molecule has 0 spiro atoms. The van der Waals surface area contributed by atoms with Crippen LogP contribution in [0, 0.1) is 0 Å². The van der Waals surface area contributed by atoms with E-state index in [-0.39, 0.29) is 45.7 Å². The van der Waals surface area contributed by atoms with E-state index in [4.69, 9.17) is 21.9 Å². The Bertz CT molecular complexity index is 1490. The number of nitrogens with zero attached hydrogens (tertiary/aromatic N) is 3. The average molecular weight is 665 g/mol. The summed E-state index contributed by atoms with van der Waals surface area (Å²) in [7, 11) is -2.48. The molecule has 0 radical (unpaired) electrons. The molecule has 14 heteroatoms. The van der Waals surface area contributed by atoms with Gasteiger partial charge in [0.2, 0.25) is 0 Å². The van der Waals surface area contributed by atoms with Gasteiger partial charge in [-0.05, 0) is 60.8 Å². The highest BCUT2D eigenvalue weighted by atomic mass is 32.2. The number of aromatic hydroxyl groups is 1. The quantitative estimate of drug-likeness (QED) is 0.0961. The molecule has 1 aliphatic rings. The largest absolute Gasteiger partial charge is 0.507 e. The minimum Gasteiger partial charge on any atom is -0.507 e. The van der Waals surface area contributed by atoms with Gasteiger partial charge in [-0.2, -0.15) is 4.31 Å². The van der Waals surface area contributed by atoms with Crippen LogP contribution in [0.5, 0.6) is 5.75 Å². The first-order chi connectivity index (χ1) is 20.7. The van der Waals surface area contributed by atoms with E-state index in [0.29, 0.717) is 38.1 Å². The van der Waals surface area contributed by atoms with E-state index in [1.807, 2.05) is 12.1 Å². The van der Waals surface area contributed by atoms with E-state index in [9.17, 15) is 23.1 Å². The van der Waals surface area contributed by atoms with E-state index in [1.165, 1.54) is 28.1 Å². The number of phenolic OH excluding ortho intramolecular Hbond substituents is 1. The van der Waals surface area contributed by atoms with Gasteiger partial charge in [-0.15, -0.1) is 11.8 Å². The molecule has 45 heavy (non-hydrogen) atoms. The highest BCUT2D eigenvalue weighted by Crippen LogP contribution is 2.43. The van der Waals surface area contributed by atoms with Crippen molar-refractivity contribution in [1.29, 1.82) is 0 Å². The van der Waals surface area contributed by atoms with Crippen molar-refractivity contribution in [1.82, 2.24) is 8.87 Å². The summed E-state index contributed by atoms with van der Waals surface area (Å²) in [5, 5.41) is 11.2. The molecule has 0 aliphatic carbocycles. The standard InChI is InChI=1S/C31H48N6O6S2/c1-30(2,3)21-17-20(18-22(26(21)38)31(4,5)6)44-19-12-15-37(16-13-19)45(41,42)25-11-10-24(36(25)7)28(40)43-27(39)23(32)9-8-14-35-29(33)34/h10-11,17-19,23,38H,8-9,12-16,32H2,1-7H3,(H4,33,34,35)/t23-/m0/s1. The third-order valence-corrected chi connectivity index (χ3v) is 11.1. The number of aromatic nitrogens is 1. The van der Waals surface area contributed by atoms with Gasteiger partial charge in [0, 0.05) is 48.0 Å². The number of ether oxygens (including phenoxy) is 1. The van der Waals surface area contributed by atoms with Gasteiger partial charge < -0.3 is 31.6 Å². The number of hydrogen-bond donors (Lipinski definition) is 4. The number of aliphatic imine (C=N–C) groups is 1. The molecule has 0 saturated carbocycles. The van der Waals surface area contributed by atoms with Crippen LogP contribution in [0.3, 0.4) is 0 Å². The molecule has 1 aliphatic heterocycles. The molecule has 1 aromatic heterocycles. The third-order valence-electron chi connectivity index (χ3n) is 7.76. The Labute approximate surface area is 270 Å². The number of phenols is 1. The monoisotopic (exact) mass is 664 g/mol. The molecule has 12 nitrogen and oxygen atoms in total. The van der Waals surface area contributed by atoms with Crippen LogP contribution < -0.4 is 17.2 Å². The van der Waals surface area contributed by atoms with Gasteiger partial charge in [0.1, 0.15) is 17.5 Å². The summed E-state index contributed by atoms with van der Waals surface area (Å²) >= 11 is 1.71. The van der Waals surface area contributed by atoms with Crippen LogP contribution >= 0.6 is 11.8 Å². The molecule has 1 atom stereocenters. The van der Waals surface area contributed by atoms with Crippen molar-refractivity contribution in [2.45, 2.75) is 99.3 Å². The number of carbonyl (C=O) groups excluding carboxylic acids is 2. The molecule has 2 aromatic rings. The van der Waals surface area contributed by atoms with E-state index >= 15 is 0 Å². The lowest BCUT2D eigenvalue weighted by molar-refractivity contribution is -0.139. The van der Waals surface area contributed by atoms with Gasteiger partial charge in [-0.3, -0.25) is 4.99 Å². The molecule has 0 amide bonds. The van der Waals surface area contributed by atoms with Crippen LogP contribution in [-0.4, -0.2) is 71.2 Å². The first-order valence-electron chi connectivity index (χ1n) is 15.0. The number of rotatable bonds is 10. The third kappa shape index (κ3) is 9.02. The van der Waals surface area contributed by atoms with Crippen LogP contribution in [0.25, 0.3) is 0 Å². The van der Waals surface area contributed by atoms with Gasteiger partial charge >= 0.3 is 11.9 Å². The molecule has 1 aromatic carbocycles. The molecule has 7 N–H and O–H groups in total. The number of sulfonamides is 1. The highest BCUT2D eigenvalue weighted by Gasteiger charge is 2.34. The second kappa shape index (κ2) is 14.1. The molecule has 0 bridgehead atoms. The predicted octanol–water partition coefficient (Wildman–Crippen LogP) is 3.34. The van der Waals surface area contributed by atoms with Gasteiger partial charge in [-0.25, -0.2) is 18.0 Å². The molecule has 1 fully saturated rings. The minimum absolute atomic E-state index is 0.0716. The Kier molecular flexibility index (Phi) is 11.4. The van der Waals surface area contributed by atoms with Gasteiger partial charge in [0.15, 0.2) is 11.0 Å². The zero-order chi connectivity index (χ0) is 33.9. The fourth-order valence-corrected chi connectivity index (χ4v) is 7.99. The van der Waals surface area contributed by atoms with Crippen molar-refractivity contribution in [2.75, 3.05) is 19.6 Å². The van der Waals surface area contributed by atoms with Crippen molar-refractivity contribution >= 4 is 39.7 Å². The number of thioether (sulfide) groups is 1. The predicted molar refractivity (Wildman–Crippen MR) is 177 cm³/mol. The number of guanidine groups is 1. The summed E-state index contributed by atoms with van der Waals surface area (Å²) < 4.78 is 34.7. The van der Waals surface area contributed by atoms with Crippen LogP contribution in [0.2, 0.25) is 0 Å². The summed E-state index contributed by atoms with van der Waals surface area (Å²) in [5.41, 5.74) is 17.6. The summed E-state index contributed by atoms with van der Waals surface area (Å²) in [6.45, 7) is 13.4. The van der Waals surface area contributed by atoms with Crippen molar-refractivity contribution in [3.8, 4) is 5.75 Å². The lowest BCUT2D eigenvalue weighted by atomic mass is 9.79. The lowest BCUT2D eigenvalue weighted by Crippen LogP contribution is -2.40. The minimum atomic E-state index is -3.92. The second-order valence-electron chi connectivity index (χ2n) is 13.5. The summed E-state index contributed by atoms with van der Waals surface area (Å²) in [6.07, 6.45) is 1.88. The molecule has 3 rings (SSSR count). The summed E-state index contributed by atoms with van der Waals surface area (Å²) in [4.78, 5) is 29.9. The zero-order valence-electron chi connectivity index (χ0n) is 27.3. The Morgan fingerprint density at radius 3 is 2.13 bits per heavy atom. The number of hydrogen-bond acceptors (Lipinski definition) is 9. The summed E-state index contributed by atoms with van der Waals surface area (Å²) in [6, 6.07) is 5.69. The van der Waals surface area contributed by atoms with Gasteiger partial charge in [-0.1, -0.05) is 41.5 Å². The molecule has 0 unspecified atom stereocenters. The Morgan fingerprint density at radius 1 is 1.07 bits per heavy atom. The normalized spacial score (nSPS) is 15.9. The van der Waals surface area contributed by atoms with Crippen LogP contribution in [-0.2, 0) is 37.4 Å². The number of carbonyl (C=O) groups is 2. The maximum Gasteiger partial charge on any atom is 0.362 e. The van der Waals surface area contributed by atoms with Crippen LogP contribution in [0.4, 0.5) is 0 Å². The van der Waals surface area contributed by atoms with E-state index in [2.05, 4.69) is 46.5 Å². The molecular formula is C31H48N6O6S2. The highest BCUT2D eigenvalue weighted by molar-refractivity contribution is 8.00. The van der Waals surface area contributed by atoms with Gasteiger partial charge in [0.25, 0.3) is 10.0 Å². The molecule has 1 saturated heterocycles. The Balaban J connectivity index is 1.66. The van der Waals surface area contributed by atoms with Crippen LogP contribution in [0.1, 0.15) is 88.8 Å². The molecular weight excluding hydrogens is 617 g/mol. The van der Waals surface area contributed by atoms with Crippen molar-refractivity contribution in [2.24, 2.45) is 29.2 Å². The first kappa shape index (κ1) is 36.4. The Hall–Kier alpha value is -3.07. The van der Waals surface area contributed by atoms with E-state index in [0.717, 1.165) is 16.0 Å². The lowest BCUT2D eigenvalue weighted by Gasteiger charge is -2.32. The Morgan fingerprint density at radius 2 is 1.62 bits per heavy atom. The average Bonchev–Trinajstić information content (AvgIpc) is 3.32. The van der Waals surface area contributed by atoms with Crippen molar-refractivity contribution < 1.29 is 27.9 Å². The topological polar surface area (TPSA) is 196 Å². The maximum absolute atomic E-state index is 13.6.